The molecule has 1 heterocycles. The first kappa shape index (κ1) is 18.6. The topological polar surface area (TPSA) is 50.2 Å². The molecule has 1 aromatic carbocycles. The second-order valence-electron chi connectivity index (χ2n) is 7.14. The van der Waals surface area contributed by atoms with Gasteiger partial charge in [0, 0.05) is 37.4 Å². The van der Waals surface area contributed by atoms with E-state index in [0.29, 0.717) is 25.6 Å². The van der Waals surface area contributed by atoms with Gasteiger partial charge < -0.3 is 5.32 Å². The summed E-state index contributed by atoms with van der Waals surface area (Å²) in [7, 11) is 1.95. The third kappa shape index (κ3) is 4.69. The van der Waals surface area contributed by atoms with Crippen LogP contribution in [0.25, 0.3) is 0 Å². The normalized spacial score (nSPS) is 14.0. The minimum Gasteiger partial charge on any atom is -0.355 e. The van der Waals surface area contributed by atoms with Gasteiger partial charge in [0.05, 0.1) is 12.2 Å². The van der Waals surface area contributed by atoms with Crippen molar-refractivity contribution in [2.24, 2.45) is 7.05 Å². The Morgan fingerprint density at radius 1 is 1.31 bits per heavy atom. The SMILES string of the molecule is Cc1nn(C)c(C)c1CN(CC(=O)NCCc1ccc(F)cc1)C1CC1. The van der Waals surface area contributed by atoms with Crippen LogP contribution in [-0.2, 0) is 24.8 Å². The Bertz CT molecular complexity index is 765. The summed E-state index contributed by atoms with van der Waals surface area (Å²) < 4.78 is 14.8. The molecule has 1 saturated carbocycles. The van der Waals surface area contributed by atoms with Gasteiger partial charge in [-0.15, -0.1) is 0 Å². The monoisotopic (exact) mass is 358 g/mol. The van der Waals surface area contributed by atoms with Crippen LogP contribution in [0, 0.1) is 19.7 Å². The Morgan fingerprint density at radius 3 is 2.58 bits per heavy atom. The van der Waals surface area contributed by atoms with Crippen LogP contribution >= 0.6 is 0 Å². The smallest absolute Gasteiger partial charge is 0.234 e. The number of hydrogen-bond donors (Lipinski definition) is 1. The molecule has 0 atom stereocenters. The molecule has 0 saturated heterocycles. The van der Waals surface area contributed by atoms with E-state index in [4.69, 9.17) is 0 Å². The molecule has 140 valence electrons. The molecule has 5 nitrogen and oxygen atoms in total. The highest BCUT2D eigenvalue weighted by Gasteiger charge is 2.31. The zero-order valence-corrected chi connectivity index (χ0v) is 15.8. The van der Waals surface area contributed by atoms with Gasteiger partial charge in [-0.1, -0.05) is 12.1 Å². The van der Waals surface area contributed by atoms with E-state index < -0.39 is 0 Å². The molecular weight excluding hydrogens is 331 g/mol. The summed E-state index contributed by atoms with van der Waals surface area (Å²) in [5.41, 5.74) is 4.43. The van der Waals surface area contributed by atoms with Crippen molar-refractivity contribution in [3.05, 3.63) is 52.6 Å². The molecule has 0 unspecified atom stereocenters. The summed E-state index contributed by atoms with van der Waals surface area (Å²) in [5.74, 6) is -0.197. The molecule has 0 spiro atoms. The highest BCUT2D eigenvalue weighted by atomic mass is 19.1. The van der Waals surface area contributed by atoms with Crippen molar-refractivity contribution in [1.82, 2.24) is 20.0 Å². The largest absolute Gasteiger partial charge is 0.355 e. The number of aromatic nitrogens is 2. The van der Waals surface area contributed by atoms with Crippen LogP contribution in [-0.4, -0.2) is 39.7 Å². The van der Waals surface area contributed by atoms with Crippen molar-refractivity contribution in [1.29, 1.82) is 0 Å². The first-order chi connectivity index (χ1) is 12.4. The minimum atomic E-state index is -0.237. The molecule has 1 aromatic heterocycles. The van der Waals surface area contributed by atoms with E-state index in [2.05, 4.69) is 22.2 Å². The molecule has 0 radical (unpaired) electrons. The van der Waals surface area contributed by atoms with Gasteiger partial charge in [-0.3, -0.25) is 14.4 Å². The van der Waals surface area contributed by atoms with E-state index in [9.17, 15) is 9.18 Å². The molecule has 6 heteroatoms. The Labute approximate surface area is 154 Å². The Morgan fingerprint density at radius 2 is 2.00 bits per heavy atom. The Balaban J connectivity index is 1.51. The second kappa shape index (κ2) is 7.99. The maximum absolute atomic E-state index is 12.9. The van der Waals surface area contributed by atoms with Gasteiger partial charge in [-0.25, -0.2) is 4.39 Å². The van der Waals surface area contributed by atoms with Crippen LogP contribution in [0.3, 0.4) is 0 Å². The van der Waals surface area contributed by atoms with Gasteiger partial charge in [0.25, 0.3) is 0 Å². The van der Waals surface area contributed by atoms with E-state index in [0.717, 1.165) is 36.3 Å². The van der Waals surface area contributed by atoms with E-state index in [1.165, 1.54) is 17.7 Å². The van der Waals surface area contributed by atoms with Crippen LogP contribution in [0.15, 0.2) is 24.3 Å². The van der Waals surface area contributed by atoms with Gasteiger partial charge in [0.2, 0.25) is 5.91 Å². The van der Waals surface area contributed by atoms with Crippen LogP contribution < -0.4 is 5.32 Å². The number of rotatable bonds is 8. The fourth-order valence-electron chi connectivity index (χ4n) is 3.24. The molecule has 3 rings (SSSR count). The number of nitrogens with one attached hydrogen (secondary N) is 1. The molecule has 0 bridgehead atoms. The highest BCUT2D eigenvalue weighted by Crippen LogP contribution is 2.29. The van der Waals surface area contributed by atoms with Crippen LogP contribution in [0.1, 0.15) is 35.4 Å². The Hall–Kier alpha value is -2.21. The standard InChI is InChI=1S/C20H27FN4O/c1-14-19(15(2)24(3)23-14)12-25(18-8-9-18)13-20(26)22-11-10-16-4-6-17(21)7-5-16/h4-7,18H,8-13H2,1-3H3,(H,22,26). The summed E-state index contributed by atoms with van der Waals surface area (Å²) in [6.07, 6.45) is 3.01. The van der Waals surface area contributed by atoms with Gasteiger partial charge in [0.15, 0.2) is 0 Å². The lowest BCUT2D eigenvalue weighted by atomic mass is 10.1. The first-order valence-electron chi connectivity index (χ1n) is 9.18. The number of hydrogen-bond acceptors (Lipinski definition) is 3. The minimum absolute atomic E-state index is 0.0400. The molecule has 1 fully saturated rings. The lowest BCUT2D eigenvalue weighted by Gasteiger charge is -2.21. The Kier molecular flexibility index (Phi) is 5.71. The van der Waals surface area contributed by atoms with E-state index in [1.54, 1.807) is 12.1 Å². The number of benzene rings is 1. The van der Waals surface area contributed by atoms with Crippen molar-refractivity contribution in [3.63, 3.8) is 0 Å². The number of amides is 1. The van der Waals surface area contributed by atoms with E-state index in [1.807, 2.05) is 18.7 Å². The maximum atomic E-state index is 12.9. The number of aryl methyl sites for hydroxylation is 2. The van der Waals surface area contributed by atoms with E-state index in [-0.39, 0.29) is 11.7 Å². The second-order valence-corrected chi connectivity index (χ2v) is 7.14. The fraction of sp³-hybridized carbons (Fsp3) is 0.500. The van der Waals surface area contributed by atoms with E-state index >= 15 is 0 Å². The van der Waals surface area contributed by atoms with Crippen molar-refractivity contribution in [2.45, 2.75) is 45.7 Å². The molecule has 0 aliphatic heterocycles. The third-order valence-electron chi connectivity index (χ3n) is 5.08. The average molecular weight is 358 g/mol. The maximum Gasteiger partial charge on any atom is 0.234 e. The number of halogens is 1. The van der Waals surface area contributed by atoms with Gasteiger partial charge >= 0.3 is 0 Å². The summed E-state index contributed by atoms with van der Waals surface area (Å²) in [4.78, 5) is 14.6. The first-order valence-corrected chi connectivity index (χ1v) is 9.18. The van der Waals surface area contributed by atoms with Gasteiger partial charge in [-0.05, 0) is 50.8 Å². The average Bonchev–Trinajstić information content (AvgIpc) is 3.41. The molecule has 1 aliphatic rings. The van der Waals surface area contributed by atoms with Gasteiger partial charge in [0.1, 0.15) is 5.82 Å². The number of carbonyl (C=O) groups is 1. The quantitative estimate of drug-likeness (QED) is 0.789. The van der Waals surface area contributed by atoms with Crippen molar-refractivity contribution >= 4 is 5.91 Å². The zero-order valence-electron chi connectivity index (χ0n) is 15.8. The van der Waals surface area contributed by atoms with Gasteiger partial charge in [-0.2, -0.15) is 5.10 Å². The predicted octanol–water partition coefficient (Wildman–Crippen LogP) is 2.50. The summed E-state index contributed by atoms with van der Waals surface area (Å²) in [5, 5.41) is 7.46. The van der Waals surface area contributed by atoms with Crippen LogP contribution in [0.4, 0.5) is 4.39 Å². The lowest BCUT2D eigenvalue weighted by Crippen LogP contribution is -2.39. The summed E-state index contributed by atoms with van der Waals surface area (Å²) >= 11 is 0. The molecule has 26 heavy (non-hydrogen) atoms. The lowest BCUT2D eigenvalue weighted by molar-refractivity contribution is -0.122. The fourth-order valence-corrected chi connectivity index (χ4v) is 3.24. The summed E-state index contributed by atoms with van der Waals surface area (Å²) in [6, 6.07) is 6.91. The predicted molar refractivity (Wildman–Crippen MR) is 99.2 cm³/mol. The third-order valence-corrected chi connectivity index (χ3v) is 5.08. The van der Waals surface area contributed by atoms with Crippen molar-refractivity contribution in [2.75, 3.05) is 13.1 Å². The van der Waals surface area contributed by atoms with Crippen LogP contribution in [0.2, 0.25) is 0 Å². The molecule has 1 N–H and O–H groups in total. The highest BCUT2D eigenvalue weighted by molar-refractivity contribution is 5.78. The number of carbonyl (C=O) groups excluding carboxylic acids is 1. The zero-order chi connectivity index (χ0) is 18.7. The summed E-state index contributed by atoms with van der Waals surface area (Å²) in [6.45, 7) is 5.83. The molecular formula is C20H27FN4O. The number of nitrogens with zero attached hydrogens (tertiary/aromatic N) is 3. The van der Waals surface area contributed by atoms with Crippen LogP contribution in [0.5, 0.6) is 0 Å². The molecule has 2 aromatic rings. The molecule has 1 aliphatic carbocycles. The van der Waals surface area contributed by atoms with Crippen molar-refractivity contribution in [3.8, 4) is 0 Å². The molecule has 1 amide bonds. The van der Waals surface area contributed by atoms with Crippen molar-refractivity contribution < 1.29 is 9.18 Å².